The number of amides is 1. The van der Waals surface area contributed by atoms with E-state index >= 15 is 0 Å². The molecule has 1 heterocycles. The largest absolute Gasteiger partial charge is 0.454 e. The minimum atomic E-state index is -0.659. The lowest BCUT2D eigenvalue weighted by Gasteiger charge is -2.34. The van der Waals surface area contributed by atoms with Crippen LogP contribution >= 0.6 is 0 Å². The molecule has 3 aromatic rings. The van der Waals surface area contributed by atoms with Gasteiger partial charge >= 0.3 is 11.7 Å². The highest BCUT2D eigenvalue weighted by molar-refractivity contribution is 5.95. The lowest BCUT2D eigenvalue weighted by Crippen LogP contribution is -2.44. The Morgan fingerprint density at radius 2 is 1.70 bits per heavy atom. The number of rotatable bonds is 6. The maximum atomic E-state index is 13.0. The highest BCUT2D eigenvalue weighted by Gasteiger charge is 2.27. The van der Waals surface area contributed by atoms with Gasteiger partial charge in [0.15, 0.2) is 12.2 Å². The van der Waals surface area contributed by atoms with Gasteiger partial charge in [-0.2, -0.15) is 0 Å². The summed E-state index contributed by atoms with van der Waals surface area (Å²) >= 11 is 0. The number of para-hydroxylation sites is 3. The molecule has 0 bridgehead atoms. The van der Waals surface area contributed by atoms with Gasteiger partial charge in [0.2, 0.25) is 0 Å². The Morgan fingerprint density at radius 3 is 2.47 bits per heavy atom. The van der Waals surface area contributed by atoms with Crippen LogP contribution in [0.5, 0.6) is 0 Å². The number of hydrogen-bond donors (Lipinski definition) is 0. The third kappa shape index (κ3) is 4.30. The van der Waals surface area contributed by atoms with E-state index in [0.29, 0.717) is 11.1 Å². The third-order valence-electron chi connectivity index (χ3n) is 5.46. The fourth-order valence-corrected chi connectivity index (χ4v) is 4.04. The van der Waals surface area contributed by atoms with Gasteiger partial charge in [-0.3, -0.25) is 14.2 Å². The number of benzene rings is 2. The average Bonchev–Trinajstić information content (AvgIpc) is 3.09. The Kier molecular flexibility index (Phi) is 5.97. The van der Waals surface area contributed by atoms with Crippen molar-refractivity contribution in [3.05, 3.63) is 65.1 Å². The topological polar surface area (TPSA) is 81.7 Å². The van der Waals surface area contributed by atoms with Gasteiger partial charge in [-0.15, -0.1) is 0 Å². The Balaban J connectivity index is 1.44. The minimum Gasteiger partial charge on any atom is -0.454 e. The van der Waals surface area contributed by atoms with Crippen molar-refractivity contribution in [3.8, 4) is 0 Å². The molecule has 0 saturated heterocycles. The van der Waals surface area contributed by atoms with Crippen LogP contribution in [0.15, 0.2) is 63.8 Å². The van der Waals surface area contributed by atoms with Crippen molar-refractivity contribution < 1.29 is 18.7 Å². The van der Waals surface area contributed by atoms with Gasteiger partial charge in [-0.1, -0.05) is 49.6 Å². The number of hydrogen-bond acceptors (Lipinski definition) is 5. The van der Waals surface area contributed by atoms with E-state index in [1.165, 1.54) is 11.0 Å². The van der Waals surface area contributed by atoms with E-state index in [4.69, 9.17) is 9.15 Å². The van der Waals surface area contributed by atoms with E-state index in [-0.39, 0.29) is 25.1 Å². The summed E-state index contributed by atoms with van der Waals surface area (Å²) in [7, 11) is 0. The second-order valence-electron chi connectivity index (χ2n) is 7.47. The van der Waals surface area contributed by atoms with Gasteiger partial charge in [0.1, 0.15) is 6.54 Å². The van der Waals surface area contributed by atoms with Gasteiger partial charge in [0, 0.05) is 11.7 Å². The van der Waals surface area contributed by atoms with E-state index in [9.17, 15) is 14.4 Å². The van der Waals surface area contributed by atoms with Crippen molar-refractivity contribution in [2.75, 3.05) is 11.5 Å². The number of carbonyl (C=O) groups is 2. The first-order valence-corrected chi connectivity index (χ1v) is 10.2. The Labute approximate surface area is 173 Å². The van der Waals surface area contributed by atoms with Gasteiger partial charge in [0.05, 0.1) is 5.52 Å². The summed E-state index contributed by atoms with van der Waals surface area (Å²) in [5.41, 5.74) is 1.72. The Bertz CT molecular complexity index is 1080. The molecule has 0 N–H and O–H groups in total. The van der Waals surface area contributed by atoms with Crippen molar-refractivity contribution >= 4 is 28.7 Å². The number of carbonyl (C=O) groups excluding carboxylic acids is 2. The Morgan fingerprint density at radius 1 is 1.00 bits per heavy atom. The minimum absolute atomic E-state index is 0.104. The lowest BCUT2D eigenvalue weighted by atomic mass is 9.93. The van der Waals surface area contributed by atoms with E-state index in [0.717, 1.165) is 31.4 Å². The molecule has 30 heavy (non-hydrogen) atoms. The first kappa shape index (κ1) is 19.9. The molecular weight excluding hydrogens is 384 g/mol. The normalized spacial score (nSPS) is 14.5. The molecule has 7 nitrogen and oxygen atoms in total. The zero-order chi connectivity index (χ0) is 20.9. The summed E-state index contributed by atoms with van der Waals surface area (Å²) in [6.45, 7) is -0.674. The lowest BCUT2D eigenvalue weighted by molar-refractivity contribution is -0.148. The highest BCUT2D eigenvalue weighted by atomic mass is 16.5. The van der Waals surface area contributed by atoms with Crippen LogP contribution in [0.25, 0.3) is 11.1 Å². The summed E-state index contributed by atoms with van der Waals surface area (Å²) in [5.74, 6) is -1.55. The summed E-state index contributed by atoms with van der Waals surface area (Å²) in [5, 5.41) is 0. The zero-order valence-corrected chi connectivity index (χ0v) is 16.7. The molecule has 0 spiro atoms. The number of ether oxygens (including phenoxy) is 1. The standard InChI is InChI=1S/C23H24N2O5/c26-21(25(17-9-3-1-4-10-17)18-11-5-2-6-12-18)16-29-22(27)15-24-19-13-7-8-14-20(19)30-23(24)28/h1,3-4,7-10,13-14,18H,2,5-6,11-12,15-16H2. The highest BCUT2D eigenvalue weighted by Crippen LogP contribution is 2.27. The van der Waals surface area contributed by atoms with E-state index in [2.05, 4.69) is 0 Å². The van der Waals surface area contributed by atoms with Crippen LogP contribution in [0.3, 0.4) is 0 Å². The molecule has 0 aliphatic heterocycles. The SMILES string of the molecule is O=C(Cn1c(=O)oc2ccccc21)OCC(=O)N(c1ccccc1)C1CCCCC1. The average molecular weight is 408 g/mol. The predicted molar refractivity (Wildman–Crippen MR) is 112 cm³/mol. The maximum Gasteiger partial charge on any atom is 0.420 e. The second kappa shape index (κ2) is 8.98. The molecule has 1 aliphatic carbocycles. The second-order valence-corrected chi connectivity index (χ2v) is 7.47. The summed E-state index contributed by atoms with van der Waals surface area (Å²) in [6.07, 6.45) is 5.21. The van der Waals surface area contributed by atoms with Crippen LogP contribution in [-0.2, 0) is 20.9 Å². The van der Waals surface area contributed by atoms with Crippen LogP contribution in [0.4, 0.5) is 5.69 Å². The fourth-order valence-electron chi connectivity index (χ4n) is 4.04. The number of nitrogens with zero attached hydrogens (tertiary/aromatic N) is 2. The molecule has 1 aliphatic rings. The first-order valence-electron chi connectivity index (χ1n) is 10.2. The van der Waals surface area contributed by atoms with Crippen molar-refractivity contribution in [2.24, 2.45) is 0 Å². The van der Waals surface area contributed by atoms with Crippen LogP contribution in [0.2, 0.25) is 0 Å². The van der Waals surface area contributed by atoms with Crippen LogP contribution < -0.4 is 10.7 Å². The molecule has 156 valence electrons. The van der Waals surface area contributed by atoms with Crippen molar-refractivity contribution in [1.29, 1.82) is 0 Å². The summed E-state index contributed by atoms with van der Waals surface area (Å²) in [4.78, 5) is 39.1. The molecular formula is C23H24N2O5. The summed E-state index contributed by atoms with van der Waals surface area (Å²) in [6, 6.07) is 16.4. The molecule has 0 unspecified atom stereocenters. The molecule has 2 aromatic carbocycles. The van der Waals surface area contributed by atoms with E-state index in [1.807, 2.05) is 30.3 Å². The quantitative estimate of drug-likeness (QED) is 0.583. The van der Waals surface area contributed by atoms with Gasteiger partial charge in [0.25, 0.3) is 5.91 Å². The number of aromatic nitrogens is 1. The fraction of sp³-hybridized carbons (Fsp3) is 0.348. The van der Waals surface area contributed by atoms with Crippen LogP contribution in [-0.4, -0.2) is 29.1 Å². The molecule has 1 aromatic heterocycles. The maximum absolute atomic E-state index is 13.0. The van der Waals surface area contributed by atoms with Crippen molar-refractivity contribution in [1.82, 2.24) is 4.57 Å². The van der Waals surface area contributed by atoms with Crippen molar-refractivity contribution in [3.63, 3.8) is 0 Å². The van der Waals surface area contributed by atoms with Crippen molar-refractivity contribution in [2.45, 2.75) is 44.7 Å². The van der Waals surface area contributed by atoms with Crippen LogP contribution in [0.1, 0.15) is 32.1 Å². The molecule has 0 atom stereocenters. The number of fused-ring (bicyclic) bond motifs is 1. The number of esters is 1. The first-order chi connectivity index (χ1) is 14.6. The smallest absolute Gasteiger partial charge is 0.420 e. The molecule has 1 saturated carbocycles. The molecule has 1 amide bonds. The van der Waals surface area contributed by atoms with Gasteiger partial charge in [-0.05, 0) is 37.1 Å². The monoisotopic (exact) mass is 408 g/mol. The zero-order valence-electron chi connectivity index (χ0n) is 16.7. The molecule has 1 fully saturated rings. The molecule has 4 rings (SSSR count). The number of anilines is 1. The van der Waals surface area contributed by atoms with E-state index in [1.54, 1.807) is 29.2 Å². The van der Waals surface area contributed by atoms with Gasteiger partial charge < -0.3 is 14.1 Å². The third-order valence-corrected chi connectivity index (χ3v) is 5.46. The predicted octanol–water partition coefficient (Wildman–Crippen LogP) is 3.50. The number of oxazole rings is 1. The van der Waals surface area contributed by atoms with Crippen LogP contribution in [0, 0.1) is 0 Å². The van der Waals surface area contributed by atoms with E-state index < -0.39 is 11.7 Å². The van der Waals surface area contributed by atoms with Gasteiger partial charge in [-0.25, -0.2) is 4.79 Å². The molecule has 7 heteroatoms. The molecule has 0 radical (unpaired) electrons. The summed E-state index contributed by atoms with van der Waals surface area (Å²) < 4.78 is 11.6. The Hall–Kier alpha value is -3.35.